The molecule has 0 spiro atoms. The molecule has 0 amide bonds. The lowest BCUT2D eigenvalue weighted by Gasteiger charge is -2.09. The predicted molar refractivity (Wildman–Crippen MR) is 88.0 cm³/mol. The highest BCUT2D eigenvalue weighted by atomic mass is 35.5. The summed E-state index contributed by atoms with van der Waals surface area (Å²) in [7, 11) is 0. The van der Waals surface area contributed by atoms with Crippen LogP contribution in [-0.2, 0) is 6.54 Å². The van der Waals surface area contributed by atoms with E-state index in [1.54, 1.807) is 30.3 Å². The topological polar surface area (TPSA) is 44.1 Å². The number of rotatable bonds is 4. The van der Waals surface area contributed by atoms with Crippen molar-refractivity contribution in [3.05, 3.63) is 69.2 Å². The molecule has 1 aromatic heterocycles. The van der Waals surface area contributed by atoms with E-state index in [9.17, 15) is 4.79 Å². The van der Waals surface area contributed by atoms with Gasteiger partial charge < -0.3 is 4.74 Å². The molecule has 0 aliphatic carbocycles. The molecule has 0 N–H and O–H groups in total. The number of benzene rings is 2. The molecular formula is C16H12Cl2N2O2. The van der Waals surface area contributed by atoms with E-state index in [0.717, 1.165) is 0 Å². The normalized spacial score (nSPS) is 10.8. The number of ether oxygens (including phenoxy) is 1. The van der Waals surface area contributed by atoms with E-state index < -0.39 is 0 Å². The van der Waals surface area contributed by atoms with Crippen molar-refractivity contribution in [1.29, 1.82) is 0 Å². The van der Waals surface area contributed by atoms with Gasteiger partial charge in [0.15, 0.2) is 0 Å². The molecule has 0 aliphatic heterocycles. The van der Waals surface area contributed by atoms with Crippen molar-refractivity contribution < 1.29 is 4.74 Å². The van der Waals surface area contributed by atoms with Gasteiger partial charge in [0.1, 0.15) is 12.4 Å². The Balaban J connectivity index is 1.75. The van der Waals surface area contributed by atoms with Gasteiger partial charge in [-0.2, -0.15) is 0 Å². The van der Waals surface area contributed by atoms with Crippen molar-refractivity contribution in [2.75, 3.05) is 6.61 Å². The first-order chi connectivity index (χ1) is 10.6. The fourth-order valence-electron chi connectivity index (χ4n) is 2.11. The fraction of sp³-hybridized carbons (Fsp3) is 0.125. The average molecular weight is 335 g/mol. The quantitative estimate of drug-likeness (QED) is 0.729. The van der Waals surface area contributed by atoms with E-state index in [0.29, 0.717) is 39.8 Å². The summed E-state index contributed by atoms with van der Waals surface area (Å²) in [6.07, 6.45) is 1.50. The van der Waals surface area contributed by atoms with Gasteiger partial charge in [0.2, 0.25) is 0 Å². The molecule has 0 saturated carbocycles. The van der Waals surface area contributed by atoms with E-state index >= 15 is 0 Å². The molecule has 0 radical (unpaired) electrons. The molecule has 4 nitrogen and oxygen atoms in total. The Kier molecular flexibility index (Phi) is 4.32. The number of aromatic nitrogens is 2. The van der Waals surface area contributed by atoms with E-state index in [4.69, 9.17) is 27.9 Å². The molecule has 3 aromatic rings. The summed E-state index contributed by atoms with van der Waals surface area (Å²) in [4.78, 5) is 16.6. The first-order valence-corrected chi connectivity index (χ1v) is 7.42. The molecule has 0 atom stereocenters. The summed E-state index contributed by atoms with van der Waals surface area (Å²) in [5.74, 6) is 0.668. The van der Waals surface area contributed by atoms with Crippen LogP contribution in [-0.4, -0.2) is 16.2 Å². The zero-order valence-corrected chi connectivity index (χ0v) is 13.0. The van der Waals surface area contributed by atoms with Crippen LogP contribution in [0.3, 0.4) is 0 Å². The number of fused-ring (bicyclic) bond motifs is 1. The molecule has 6 heteroatoms. The van der Waals surface area contributed by atoms with Crippen molar-refractivity contribution in [3.63, 3.8) is 0 Å². The zero-order valence-electron chi connectivity index (χ0n) is 11.5. The standard InChI is InChI=1S/C16H12Cl2N2O2/c17-11-2-1-3-13(8-11)22-7-6-20-10-19-15-9-12(18)4-5-14(15)16(20)21/h1-5,8-10H,6-7H2. The average Bonchev–Trinajstić information content (AvgIpc) is 2.49. The Morgan fingerprint density at radius 3 is 2.73 bits per heavy atom. The van der Waals surface area contributed by atoms with Gasteiger partial charge in [-0.15, -0.1) is 0 Å². The van der Waals surface area contributed by atoms with E-state index in [2.05, 4.69) is 4.98 Å². The molecule has 0 bridgehead atoms. The Morgan fingerprint density at radius 1 is 1.09 bits per heavy atom. The van der Waals surface area contributed by atoms with Crippen LogP contribution >= 0.6 is 23.2 Å². The lowest BCUT2D eigenvalue weighted by molar-refractivity contribution is 0.296. The Morgan fingerprint density at radius 2 is 1.91 bits per heavy atom. The predicted octanol–water partition coefficient (Wildman–Crippen LogP) is 3.78. The van der Waals surface area contributed by atoms with E-state index in [-0.39, 0.29) is 5.56 Å². The minimum Gasteiger partial charge on any atom is -0.492 e. The van der Waals surface area contributed by atoms with Gasteiger partial charge in [0, 0.05) is 10.0 Å². The summed E-state index contributed by atoms with van der Waals surface area (Å²) in [6.45, 7) is 0.748. The summed E-state index contributed by atoms with van der Waals surface area (Å²) in [5, 5.41) is 1.70. The van der Waals surface area contributed by atoms with Crippen molar-refractivity contribution in [3.8, 4) is 5.75 Å². The number of hydrogen-bond acceptors (Lipinski definition) is 3. The molecule has 0 aliphatic rings. The number of hydrogen-bond donors (Lipinski definition) is 0. The van der Waals surface area contributed by atoms with Gasteiger partial charge in [-0.3, -0.25) is 9.36 Å². The first kappa shape index (κ1) is 14.9. The SMILES string of the molecule is O=c1c2ccc(Cl)cc2ncn1CCOc1cccc(Cl)c1. The van der Waals surface area contributed by atoms with Crippen molar-refractivity contribution >= 4 is 34.1 Å². The monoisotopic (exact) mass is 334 g/mol. The lowest BCUT2D eigenvalue weighted by Crippen LogP contribution is -2.23. The highest BCUT2D eigenvalue weighted by Gasteiger charge is 2.05. The largest absolute Gasteiger partial charge is 0.492 e. The smallest absolute Gasteiger partial charge is 0.261 e. The van der Waals surface area contributed by atoms with Crippen LogP contribution in [0.4, 0.5) is 0 Å². The second kappa shape index (κ2) is 6.38. The van der Waals surface area contributed by atoms with Gasteiger partial charge >= 0.3 is 0 Å². The van der Waals surface area contributed by atoms with Crippen LogP contribution in [0.5, 0.6) is 5.75 Å². The minimum absolute atomic E-state index is 0.114. The number of halogens is 2. The number of nitrogens with zero attached hydrogens (tertiary/aromatic N) is 2. The highest BCUT2D eigenvalue weighted by Crippen LogP contribution is 2.17. The third-order valence-corrected chi connectivity index (χ3v) is 3.65. The minimum atomic E-state index is -0.114. The Hall–Kier alpha value is -2.04. The second-order valence-corrected chi connectivity index (χ2v) is 5.58. The van der Waals surface area contributed by atoms with Crippen molar-refractivity contribution in [2.24, 2.45) is 0 Å². The summed E-state index contributed by atoms with van der Waals surface area (Å²) in [5.41, 5.74) is 0.473. The summed E-state index contributed by atoms with van der Waals surface area (Å²) < 4.78 is 7.10. The maximum absolute atomic E-state index is 12.3. The second-order valence-electron chi connectivity index (χ2n) is 4.71. The zero-order chi connectivity index (χ0) is 15.5. The van der Waals surface area contributed by atoms with Crippen LogP contribution in [0.1, 0.15) is 0 Å². The fourth-order valence-corrected chi connectivity index (χ4v) is 2.46. The highest BCUT2D eigenvalue weighted by molar-refractivity contribution is 6.31. The molecule has 1 heterocycles. The van der Waals surface area contributed by atoms with Gasteiger partial charge in [0.25, 0.3) is 5.56 Å². The third-order valence-electron chi connectivity index (χ3n) is 3.18. The molecule has 22 heavy (non-hydrogen) atoms. The maximum atomic E-state index is 12.3. The van der Waals surface area contributed by atoms with Gasteiger partial charge in [0.05, 0.1) is 23.8 Å². The van der Waals surface area contributed by atoms with Crippen LogP contribution < -0.4 is 10.3 Å². The Labute approximate surface area is 136 Å². The van der Waals surface area contributed by atoms with Crippen LogP contribution in [0, 0.1) is 0 Å². The van der Waals surface area contributed by atoms with Crippen LogP contribution in [0.2, 0.25) is 10.0 Å². The molecule has 2 aromatic carbocycles. The molecule has 3 rings (SSSR count). The summed E-state index contributed by atoms with van der Waals surface area (Å²) >= 11 is 11.8. The van der Waals surface area contributed by atoms with E-state index in [1.807, 2.05) is 12.1 Å². The Bertz CT molecular complexity index is 877. The first-order valence-electron chi connectivity index (χ1n) is 6.66. The van der Waals surface area contributed by atoms with E-state index in [1.165, 1.54) is 10.9 Å². The van der Waals surface area contributed by atoms with Gasteiger partial charge in [-0.05, 0) is 36.4 Å². The van der Waals surface area contributed by atoms with Crippen molar-refractivity contribution in [1.82, 2.24) is 9.55 Å². The molecular weight excluding hydrogens is 323 g/mol. The van der Waals surface area contributed by atoms with Gasteiger partial charge in [-0.1, -0.05) is 29.3 Å². The van der Waals surface area contributed by atoms with Crippen LogP contribution in [0.25, 0.3) is 10.9 Å². The molecule has 0 unspecified atom stereocenters. The lowest BCUT2D eigenvalue weighted by atomic mass is 10.2. The molecule has 0 fully saturated rings. The molecule has 0 saturated heterocycles. The van der Waals surface area contributed by atoms with Gasteiger partial charge in [-0.25, -0.2) is 4.98 Å². The van der Waals surface area contributed by atoms with Crippen molar-refractivity contribution in [2.45, 2.75) is 6.54 Å². The maximum Gasteiger partial charge on any atom is 0.261 e. The molecule has 112 valence electrons. The van der Waals surface area contributed by atoms with Crippen LogP contribution in [0.15, 0.2) is 53.6 Å². The summed E-state index contributed by atoms with van der Waals surface area (Å²) in [6, 6.07) is 12.2. The third kappa shape index (κ3) is 3.24.